The van der Waals surface area contributed by atoms with E-state index in [0.29, 0.717) is 6.54 Å². The molecule has 0 aromatic carbocycles. The van der Waals surface area contributed by atoms with Gasteiger partial charge in [0.05, 0.1) is 0 Å². The fraction of sp³-hybridized carbons (Fsp3) is 0.944. The maximum atomic E-state index is 11.6. The van der Waals surface area contributed by atoms with Crippen LogP contribution in [0.4, 0.5) is 4.79 Å². The number of alkyl carbamates (subject to hydrolysis) is 1. The van der Waals surface area contributed by atoms with Gasteiger partial charge in [0.1, 0.15) is 5.60 Å². The lowest BCUT2D eigenvalue weighted by molar-refractivity contribution is 0.0527. The van der Waals surface area contributed by atoms with Crippen molar-refractivity contribution in [1.82, 2.24) is 10.6 Å². The Kier molecular flexibility index (Phi) is 4.67. The summed E-state index contributed by atoms with van der Waals surface area (Å²) in [6.07, 6.45) is 7.98. The molecular weight excluding hydrogens is 276 g/mol. The second-order valence-electron chi connectivity index (χ2n) is 8.50. The Morgan fingerprint density at radius 3 is 2.64 bits per heavy atom. The minimum absolute atomic E-state index is 0.304. The summed E-state index contributed by atoms with van der Waals surface area (Å²) in [5.41, 5.74) is -0.413. The highest BCUT2D eigenvalue weighted by Gasteiger charge is 2.53. The van der Waals surface area contributed by atoms with Crippen molar-refractivity contribution in [1.29, 1.82) is 0 Å². The molecule has 0 radical (unpaired) electrons. The third-order valence-corrected chi connectivity index (χ3v) is 5.86. The molecule has 2 N–H and O–H groups in total. The van der Waals surface area contributed by atoms with Crippen molar-refractivity contribution in [2.75, 3.05) is 13.1 Å². The maximum Gasteiger partial charge on any atom is 0.407 e. The Morgan fingerprint density at radius 1 is 1.09 bits per heavy atom. The molecule has 0 aromatic heterocycles. The monoisotopic (exact) mass is 308 g/mol. The molecule has 0 aromatic rings. The first-order valence-electron chi connectivity index (χ1n) is 9.14. The second kappa shape index (κ2) is 6.38. The van der Waals surface area contributed by atoms with E-state index in [1.54, 1.807) is 0 Å². The second-order valence-corrected chi connectivity index (χ2v) is 8.50. The third kappa shape index (κ3) is 3.58. The largest absolute Gasteiger partial charge is 0.444 e. The van der Waals surface area contributed by atoms with Crippen molar-refractivity contribution in [3.63, 3.8) is 0 Å². The van der Waals surface area contributed by atoms with Crippen LogP contribution in [0.5, 0.6) is 0 Å². The van der Waals surface area contributed by atoms with Gasteiger partial charge >= 0.3 is 6.09 Å². The van der Waals surface area contributed by atoms with Crippen LogP contribution >= 0.6 is 0 Å². The van der Waals surface area contributed by atoms with Crippen LogP contribution in [0.2, 0.25) is 0 Å². The van der Waals surface area contributed by atoms with Gasteiger partial charge in [-0.3, -0.25) is 0 Å². The van der Waals surface area contributed by atoms with Crippen LogP contribution in [0.3, 0.4) is 0 Å². The average molecular weight is 308 g/mol. The molecule has 2 bridgehead atoms. The zero-order valence-corrected chi connectivity index (χ0v) is 14.4. The first-order valence-corrected chi connectivity index (χ1v) is 9.14. The molecule has 3 saturated carbocycles. The Balaban J connectivity index is 1.29. The Labute approximate surface area is 134 Å². The van der Waals surface area contributed by atoms with Gasteiger partial charge < -0.3 is 15.4 Å². The maximum absolute atomic E-state index is 11.6. The number of hydrogen-bond acceptors (Lipinski definition) is 3. The molecule has 126 valence electrons. The molecule has 0 aliphatic heterocycles. The van der Waals surface area contributed by atoms with Crippen molar-refractivity contribution < 1.29 is 9.53 Å². The lowest BCUT2D eigenvalue weighted by Gasteiger charge is -2.32. The molecule has 1 amide bonds. The number of ether oxygens (including phenoxy) is 1. The highest BCUT2D eigenvalue weighted by atomic mass is 16.6. The lowest BCUT2D eigenvalue weighted by Crippen LogP contribution is -2.40. The Bertz CT molecular complexity index is 404. The van der Waals surface area contributed by atoms with E-state index in [2.05, 4.69) is 10.6 Å². The molecule has 5 unspecified atom stereocenters. The summed E-state index contributed by atoms with van der Waals surface area (Å²) >= 11 is 0. The number of amides is 1. The lowest BCUT2D eigenvalue weighted by atomic mass is 9.79. The molecule has 3 fully saturated rings. The molecule has 0 spiro atoms. The van der Waals surface area contributed by atoms with Crippen LogP contribution in [0.25, 0.3) is 0 Å². The van der Waals surface area contributed by atoms with E-state index in [0.717, 1.165) is 42.7 Å². The first-order chi connectivity index (χ1) is 10.4. The summed E-state index contributed by atoms with van der Waals surface area (Å²) < 4.78 is 5.23. The van der Waals surface area contributed by atoms with Crippen molar-refractivity contribution in [2.24, 2.45) is 23.7 Å². The van der Waals surface area contributed by atoms with Crippen LogP contribution < -0.4 is 10.6 Å². The number of fused-ring (bicyclic) bond motifs is 5. The number of nitrogens with one attached hydrogen (secondary N) is 2. The van der Waals surface area contributed by atoms with E-state index in [4.69, 9.17) is 4.74 Å². The van der Waals surface area contributed by atoms with Crippen LogP contribution in [-0.2, 0) is 4.74 Å². The minimum Gasteiger partial charge on any atom is -0.444 e. The van der Waals surface area contributed by atoms with Gasteiger partial charge in [-0.25, -0.2) is 4.79 Å². The quantitative estimate of drug-likeness (QED) is 0.766. The number of carbonyl (C=O) groups is 1. The number of hydrogen-bond donors (Lipinski definition) is 2. The van der Waals surface area contributed by atoms with E-state index in [-0.39, 0.29) is 6.09 Å². The van der Waals surface area contributed by atoms with Gasteiger partial charge in [0, 0.05) is 12.6 Å². The molecule has 0 saturated heterocycles. The molecular formula is C18H32N2O2. The highest BCUT2D eigenvalue weighted by Crippen LogP contribution is 2.58. The minimum atomic E-state index is -0.413. The summed E-state index contributed by atoms with van der Waals surface area (Å²) in [5, 5.41) is 6.59. The Hall–Kier alpha value is -0.770. The van der Waals surface area contributed by atoms with Crippen LogP contribution in [-0.4, -0.2) is 30.8 Å². The van der Waals surface area contributed by atoms with Gasteiger partial charge in [-0.05, 0) is 83.1 Å². The van der Waals surface area contributed by atoms with E-state index in [1.807, 2.05) is 20.8 Å². The zero-order chi connectivity index (χ0) is 15.7. The SMILES string of the molecule is CC(C)(C)OC(=O)NCCCNC1CC2CC1C1CCCC21. The van der Waals surface area contributed by atoms with Gasteiger partial charge in [-0.15, -0.1) is 0 Å². The van der Waals surface area contributed by atoms with Crippen LogP contribution in [0.15, 0.2) is 0 Å². The predicted octanol–water partition coefficient (Wildman–Crippen LogP) is 3.32. The van der Waals surface area contributed by atoms with E-state index in [1.165, 1.54) is 32.1 Å². The molecule has 0 heterocycles. The molecule has 4 heteroatoms. The molecule has 22 heavy (non-hydrogen) atoms. The fourth-order valence-corrected chi connectivity index (χ4v) is 5.18. The normalized spacial score (nSPS) is 36.4. The predicted molar refractivity (Wildman–Crippen MR) is 87.7 cm³/mol. The standard InChI is InChI=1S/C18H32N2O2/c1-18(2,3)22-17(21)20-9-5-8-19-16-11-12-10-15(16)14-7-4-6-13(12)14/h12-16,19H,4-11H2,1-3H3,(H,20,21). The van der Waals surface area contributed by atoms with Crippen molar-refractivity contribution >= 4 is 6.09 Å². The van der Waals surface area contributed by atoms with E-state index in [9.17, 15) is 4.79 Å². The zero-order valence-electron chi connectivity index (χ0n) is 14.4. The molecule has 4 nitrogen and oxygen atoms in total. The summed E-state index contributed by atoms with van der Waals surface area (Å²) in [5.74, 6) is 4.04. The van der Waals surface area contributed by atoms with Crippen LogP contribution in [0.1, 0.15) is 59.3 Å². The molecule has 3 aliphatic rings. The topological polar surface area (TPSA) is 50.4 Å². The first kappa shape index (κ1) is 16.1. The van der Waals surface area contributed by atoms with Gasteiger partial charge in [-0.2, -0.15) is 0 Å². The third-order valence-electron chi connectivity index (χ3n) is 5.86. The van der Waals surface area contributed by atoms with E-state index >= 15 is 0 Å². The van der Waals surface area contributed by atoms with Crippen molar-refractivity contribution in [2.45, 2.75) is 70.9 Å². The summed E-state index contributed by atoms with van der Waals surface area (Å²) in [6.45, 7) is 7.36. The summed E-state index contributed by atoms with van der Waals surface area (Å²) in [6, 6.07) is 0.742. The van der Waals surface area contributed by atoms with Crippen LogP contribution in [0, 0.1) is 23.7 Å². The van der Waals surface area contributed by atoms with Crippen molar-refractivity contribution in [3.05, 3.63) is 0 Å². The Morgan fingerprint density at radius 2 is 1.86 bits per heavy atom. The van der Waals surface area contributed by atoms with E-state index < -0.39 is 5.60 Å². The number of rotatable bonds is 5. The molecule has 3 rings (SSSR count). The highest BCUT2D eigenvalue weighted by molar-refractivity contribution is 5.67. The average Bonchev–Trinajstić information content (AvgIpc) is 3.08. The number of carbonyl (C=O) groups excluding carboxylic acids is 1. The van der Waals surface area contributed by atoms with Gasteiger partial charge in [-0.1, -0.05) is 6.42 Å². The summed E-state index contributed by atoms with van der Waals surface area (Å²) in [4.78, 5) is 11.6. The van der Waals surface area contributed by atoms with Crippen molar-refractivity contribution in [3.8, 4) is 0 Å². The fourth-order valence-electron chi connectivity index (χ4n) is 5.18. The summed E-state index contributed by atoms with van der Waals surface area (Å²) in [7, 11) is 0. The van der Waals surface area contributed by atoms with Gasteiger partial charge in [0.15, 0.2) is 0 Å². The smallest absolute Gasteiger partial charge is 0.407 e. The molecule has 5 atom stereocenters. The molecule has 3 aliphatic carbocycles. The van der Waals surface area contributed by atoms with Gasteiger partial charge in [0.25, 0.3) is 0 Å². The van der Waals surface area contributed by atoms with Gasteiger partial charge in [0.2, 0.25) is 0 Å².